The summed E-state index contributed by atoms with van der Waals surface area (Å²) in [5.41, 5.74) is 2.14. The number of benzene rings is 1. The van der Waals surface area contributed by atoms with E-state index in [1.165, 1.54) is 29.8 Å². The maximum absolute atomic E-state index is 12.6. The molecular formula is C25H27N3O7S3. The summed E-state index contributed by atoms with van der Waals surface area (Å²) in [4.78, 5) is 55.4. The summed E-state index contributed by atoms with van der Waals surface area (Å²) in [6.07, 6.45) is 2.66. The fourth-order valence-corrected chi connectivity index (χ4v) is 7.02. The molecule has 0 unspecified atom stereocenters. The van der Waals surface area contributed by atoms with Crippen molar-refractivity contribution in [3.8, 4) is 5.75 Å². The van der Waals surface area contributed by atoms with E-state index in [-0.39, 0.29) is 30.6 Å². The first-order chi connectivity index (χ1) is 18.3. The van der Waals surface area contributed by atoms with E-state index >= 15 is 0 Å². The van der Waals surface area contributed by atoms with Crippen LogP contribution in [-0.4, -0.2) is 60.7 Å². The minimum absolute atomic E-state index is 0.0118. The van der Waals surface area contributed by atoms with Gasteiger partial charge >= 0.3 is 11.9 Å². The first-order valence-electron chi connectivity index (χ1n) is 11.9. The number of esters is 2. The summed E-state index contributed by atoms with van der Waals surface area (Å²) in [7, 11) is 2.85. The maximum atomic E-state index is 12.6. The van der Waals surface area contributed by atoms with Gasteiger partial charge in [0.2, 0.25) is 5.91 Å². The molecule has 0 fully saturated rings. The number of ether oxygens (including phenoxy) is 3. The number of anilines is 1. The Morgan fingerprint density at radius 2 is 1.95 bits per heavy atom. The monoisotopic (exact) mass is 577 g/mol. The largest absolute Gasteiger partial charge is 0.497 e. The number of aromatic nitrogens is 1. The van der Waals surface area contributed by atoms with Crippen LogP contribution in [0.15, 0.2) is 23.2 Å². The maximum Gasteiger partial charge on any atom is 0.341 e. The van der Waals surface area contributed by atoms with Gasteiger partial charge < -0.3 is 24.1 Å². The van der Waals surface area contributed by atoms with Gasteiger partial charge in [0, 0.05) is 4.88 Å². The van der Waals surface area contributed by atoms with Crippen LogP contribution in [0.5, 0.6) is 5.75 Å². The number of nitrogens with zero attached hydrogens (tertiary/aromatic N) is 2. The molecule has 2 heterocycles. The molecule has 3 aromatic rings. The second-order valence-corrected chi connectivity index (χ2v) is 11.3. The SMILES string of the molecule is CCOC(=O)c1c(NC(=O)CSCC(=O)N=c2sc3cc(OC)ccc3n2CC(=O)OC)sc2c1CCC2. The summed E-state index contributed by atoms with van der Waals surface area (Å²) in [5.74, 6) is -1.03. The molecule has 2 amide bonds. The Bertz CT molecular complexity index is 1450. The molecule has 13 heteroatoms. The number of methoxy groups -OCH3 is 2. The van der Waals surface area contributed by atoms with Gasteiger partial charge in [0.15, 0.2) is 4.80 Å². The number of thiophene rings is 1. The second kappa shape index (κ2) is 12.6. The topological polar surface area (TPSA) is 125 Å². The van der Waals surface area contributed by atoms with E-state index in [0.717, 1.165) is 51.7 Å². The van der Waals surface area contributed by atoms with Gasteiger partial charge in [0.05, 0.1) is 48.1 Å². The molecule has 0 spiro atoms. The van der Waals surface area contributed by atoms with Crippen LogP contribution in [0.2, 0.25) is 0 Å². The molecule has 202 valence electrons. The molecule has 0 bridgehead atoms. The second-order valence-electron chi connectivity index (χ2n) is 8.21. The summed E-state index contributed by atoms with van der Waals surface area (Å²) in [5, 5.41) is 3.32. The van der Waals surface area contributed by atoms with E-state index in [4.69, 9.17) is 14.2 Å². The lowest BCUT2D eigenvalue weighted by atomic mass is 10.1. The fourth-order valence-electron chi connectivity index (χ4n) is 4.06. The van der Waals surface area contributed by atoms with Gasteiger partial charge in [-0.3, -0.25) is 14.4 Å². The van der Waals surface area contributed by atoms with Gasteiger partial charge in [-0.1, -0.05) is 11.3 Å². The Morgan fingerprint density at radius 3 is 2.68 bits per heavy atom. The van der Waals surface area contributed by atoms with Crippen molar-refractivity contribution in [2.24, 2.45) is 4.99 Å². The summed E-state index contributed by atoms with van der Waals surface area (Å²) in [6.45, 7) is 1.90. The summed E-state index contributed by atoms with van der Waals surface area (Å²) in [6, 6.07) is 5.36. The van der Waals surface area contributed by atoms with Crippen LogP contribution >= 0.6 is 34.4 Å². The number of fused-ring (bicyclic) bond motifs is 2. The van der Waals surface area contributed by atoms with Crippen molar-refractivity contribution >= 4 is 73.4 Å². The smallest absolute Gasteiger partial charge is 0.341 e. The van der Waals surface area contributed by atoms with E-state index in [9.17, 15) is 19.2 Å². The lowest BCUT2D eigenvalue weighted by molar-refractivity contribution is -0.141. The first kappa shape index (κ1) is 27.9. The van der Waals surface area contributed by atoms with Gasteiger partial charge in [0.25, 0.3) is 5.91 Å². The van der Waals surface area contributed by atoms with Gasteiger partial charge in [-0.2, -0.15) is 4.99 Å². The number of aryl methyl sites for hydroxylation is 1. The predicted octanol–water partition coefficient (Wildman–Crippen LogP) is 3.41. The Kier molecular flexibility index (Phi) is 9.23. The fraction of sp³-hybridized carbons (Fsp3) is 0.400. The molecule has 1 aromatic carbocycles. The molecule has 1 aliphatic carbocycles. The van der Waals surface area contributed by atoms with Crippen molar-refractivity contribution in [3.63, 3.8) is 0 Å². The lowest BCUT2D eigenvalue weighted by Crippen LogP contribution is -2.23. The minimum atomic E-state index is -0.470. The number of thiazole rings is 1. The van der Waals surface area contributed by atoms with Gasteiger partial charge in [-0.15, -0.1) is 23.1 Å². The third-order valence-corrected chi connectivity index (χ3v) is 8.90. The first-order valence-corrected chi connectivity index (χ1v) is 14.6. The number of nitrogens with one attached hydrogen (secondary N) is 1. The van der Waals surface area contributed by atoms with Crippen molar-refractivity contribution < 1.29 is 33.4 Å². The highest BCUT2D eigenvalue weighted by Crippen LogP contribution is 2.39. The van der Waals surface area contributed by atoms with E-state index in [2.05, 4.69) is 10.3 Å². The van der Waals surface area contributed by atoms with Gasteiger partial charge in [-0.05, 0) is 49.9 Å². The average Bonchev–Trinajstić information content (AvgIpc) is 3.56. The molecule has 0 radical (unpaired) electrons. The Labute approximate surface area is 231 Å². The van der Waals surface area contributed by atoms with Crippen LogP contribution in [0.4, 0.5) is 5.00 Å². The number of carbonyl (C=O) groups excluding carboxylic acids is 4. The van der Waals surface area contributed by atoms with Crippen molar-refractivity contribution in [1.29, 1.82) is 0 Å². The number of hydrogen-bond donors (Lipinski definition) is 1. The quantitative estimate of drug-likeness (QED) is 0.364. The zero-order valence-corrected chi connectivity index (χ0v) is 23.6. The van der Waals surface area contributed by atoms with Crippen molar-refractivity contribution in [2.45, 2.75) is 32.7 Å². The highest BCUT2D eigenvalue weighted by atomic mass is 32.2. The molecule has 10 nitrogen and oxygen atoms in total. The van der Waals surface area contributed by atoms with Crippen LogP contribution < -0.4 is 14.9 Å². The molecular weight excluding hydrogens is 550 g/mol. The van der Waals surface area contributed by atoms with Crippen molar-refractivity contribution in [2.75, 3.05) is 37.6 Å². The van der Waals surface area contributed by atoms with Crippen LogP contribution in [0.25, 0.3) is 10.2 Å². The van der Waals surface area contributed by atoms with E-state index < -0.39 is 17.8 Å². The van der Waals surface area contributed by atoms with E-state index in [1.807, 2.05) is 0 Å². The van der Waals surface area contributed by atoms with Crippen LogP contribution in [0, 0.1) is 0 Å². The van der Waals surface area contributed by atoms with Crippen LogP contribution in [-0.2, 0) is 43.2 Å². The Balaban J connectivity index is 1.43. The van der Waals surface area contributed by atoms with Crippen molar-refractivity contribution in [1.82, 2.24) is 4.57 Å². The zero-order chi connectivity index (χ0) is 27.2. The van der Waals surface area contributed by atoms with Crippen LogP contribution in [0.3, 0.4) is 0 Å². The number of thioether (sulfide) groups is 1. The van der Waals surface area contributed by atoms with E-state index in [0.29, 0.717) is 21.1 Å². The highest BCUT2D eigenvalue weighted by molar-refractivity contribution is 8.00. The minimum Gasteiger partial charge on any atom is -0.497 e. The number of amides is 2. The molecule has 0 aliphatic heterocycles. The zero-order valence-electron chi connectivity index (χ0n) is 21.2. The number of rotatable bonds is 10. The number of hydrogen-bond acceptors (Lipinski definition) is 10. The molecule has 0 saturated heterocycles. The third kappa shape index (κ3) is 6.27. The Hall–Kier alpha value is -3.16. The van der Waals surface area contributed by atoms with Gasteiger partial charge in [0.1, 0.15) is 17.3 Å². The number of carbonyl (C=O) groups is 4. The normalized spacial score (nSPS) is 12.9. The molecule has 0 atom stereocenters. The van der Waals surface area contributed by atoms with E-state index in [1.54, 1.807) is 36.8 Å². The average molecular weight is 578 g/mol. The molecule has 0 saturated carbocycles. The lowest BCUT2D eigenvalue weighted by Gasteiger charge is -2.07. The summed E-state index contributed by atoms with van der Waals surface area (Å²) >= 11 is 3.78. The molecule has 2 aromatic heterocycles. The molecule has 1 N–H and O–H groups in total. The van der Waals surface area contributed by atoms with Gasteiger partial charge in [-0.25, -0.2) is 4.79 Å². The molecule has 4 rings (SSSR count). The Morgan fingerprint density at radius 1 is 1.13 bits per heavy atom. The molecule has 1 aliphatic rings. The molecule has 38 heavy (non-hydrogen) atoms. The van der Waals surface area contributed by atoms with Crippen LogP contribution in [0.1, 0.15) is 34.1 Å². The standard InChI is InChI=1S/C25H27N3O7S3/c1-4-35-24(32)22-15-6-5-7-17(15)37-23(22)26-19(29)12-36-13-20(30)27-25-28(11-21(31)34-3)16-9-8-14(33-2)10-18(16)38-25/h8-10H,4-7,11-13H2,1-3H3,(H,26,29). The summed E-state index contributed by atoms with van der Waals surface area (Å²) < 4.78 is 17.7. The third-order valence-electron chi connectivity index (χ3n) is 5.74. The predicted molar refractivity (Wildman–Crippen MR) is 147 cm³/mol. The van der Waals surface area contributed by atoms with Crippen molar-refractivity contribution in [3.05, 3.63) is 39.0 Å². The highest BCUT2D eigenvalue weighted by Gasteiger charge is 2.28.